The number of hydrogen-bond acceptors (Lipinski definition) is 1. The van der Waals surface area contributed by atoms with Crippen molar-refractivity contribution in [2.24, 2.45) is 5.41 Å². The van der Waals surface area contributed by atoms with Crippen molar-refractivity contribution in [3.05, 3.63) is 35.4 Å². The predicted molar refractivity (Wildman–Crippen MR) is 59.8 cm³/mol. The Balaban J connectivity index is 2.43. The maximum atomic E-state index is 12.5. The van der Waals surface area contributed by atoms with Crippen LogP contribution in [-0.4, -0.2) is 6.61 Å². The van der Waals surface area contributed by atoms with Crippen molar-refractivity contribution in [3.8, 4) is 5.75 Å². The summed E-state index contributed by atoms with van der Waals surface area (Å²) in [5, 5.41) is 0. The lowest BCUT2D eigenvalue weighted by atomic mass is 9.94. The Hall–Kier alpha value is -1.45. The molecular formula is C13H13F3O. The van der Waals surface area contributed by atoms with Gasteiger partial charge in [-0.15, -0.1) is 0 Å². The Kier molecular flexibility index (Phi) is 2.68. The quantitative estimate of drug-likeness (QED) is 0.664. The van der Waals surface area contributed by atoms with E-state index in [1.807, 2.05) is 19.9 Å². The third kappa shape index (κ3) is 2.62. The molecule has 17 heavy (non-hydrogen) atoms. The molecule has 0 N–H and O–H groups in total. The lowest BCUT2D eigenvalue weighted by Crippen LogP contribution is -2.17. The molecular weight excluding hydrogens is 229 g/mol. The Morgan fingerprint density at radius 2 is 1.94 bits per heavy atom. The zero-order valence-corrected chi connectivity index (χ0v) is 9.64. The fourth-order valence-corrected chi connectivity index (χ4v) is 1.61. The number of benzene rings is 1. The van der Waals surface area contributed by atoms with Crippen LogP contribution in [0.4, 0.5) is 13.2 Å². The molecule has 0 amide bonds. The summed E-state index contributed by atoms with van der Waals surface area (Å²) in [5.74, 6) is 0.500. The minimum Gasteiger partial charge on any atom is -0.492 e. The molecule has 0 aliphatic carbocycles. The highest BCUT2D eigenvalue weighted by Crippen LogP contribution is 2.35. The van der Waals surface area contributed by atoms with Crippen molar-refractivity contribution in [2.45, 2.75) is 20.0 Å². The largest absolute Gasteiger partial charge is 0.492 e. The molecule has 0 spiro atoms. The number of halogens is 3. The summed E-state index contributed by atoms with van der Waals surface area (Å²) in [6, 6.07) is 3.54. The van der Waals surface area contributed by atoms with E-state index in [1.165, 1.54) is 6.07 Å². The van der Waals surface area contributed by atoms with E-state index in [4.69, 9.17) is 4.74 Å². The van der Waals surface area contributed by atoms with E-state index < -0.39 is 11.7 Å². The van der Waals surface area contributed by atoms with Crippen LogP contribution in [0.2, 0.25) is 0 Å². The van der Waals surface area contributed by atoms with Gasteiger partial charge in [0, 0.05) is 11.0 Å². The van der Waals surface area contributed by atoms with E-state index in [1.54, 1.807) is 6.08 Å². The minimum atomic E-state index is -4.31. The average Bonchev–Trinajstić information content (AvgIpc) is 2.36. The molecule has 1 heterocycles. The number of alkyl halides is 3. The Morgan fingerprint density at radius 3 is 2.59 bits per heavy atom. The molecule has 0 unspecified atom stereocenters. The summed E-state index contributed by atoms with van der Waals surface area (Å²) in [5.41, 5.74) is -0.341. The molecule has 1 aliphatic rings. The second-order valence-electron chi connectivity index (χ2n) is 4.86. The van der Waals surface area contributed by atoms with Crippen molar-refractivity contribution < 1.29 is 17.9 Å². The van der Waals surface area contributed by atoms with Crippen LogP contribution in [0.3, 0.4) is 0 Å². The van der Waals surface area contributed by atoms with Crippen molar-refractivity contribution in [1.82, 2.24) is 0 Å². The summed E-state index contributed by atoms with van der Waals surface area (Å²) in [7, 11) is 0. The van der Waals surface area contributed by atoms with Crippen molar-refractivity contribution in [3.63, 3.8) is 0 Å². The molecule has 0 aromatic heterocycles. The van der Waals surface area contributed by atoms with Crippen LogP contribution in [0.25, 0.3) is 6.08 Å². The molecule has 1 nitrogen and oxygen atoms in total. The van der Waals surface area contributed by atoms with Gasteiger partial charge in [-0.2, -0.15) is 13.2 Å². The van der Waals surface area contributed by atoms with Gasteiger partial charge in [-0.3, -0.25) is 0 Å². The zero-order chi connectivity index (χ0) is 12.7. The molecule has 0 radical (unpaired) electrons. The second kappa shape index (κ2) is 3.79. The van der Waals surface area contributed by atoms with E-state index in [2.05, 4.69) is 0 Å². The fraction of sp³-hybridized carbons (Fsp3) is 0.385. The van der Waals surface area contributed by atoms with Gasteiger partial charge in [0.2, 0.25) is 0 Å². The smallest absolute Gasteiger partial charge is 0.416 e. The number of ether oxygens (including phenoxy) is 1. The van der Waals surface area contributed by atoms with Gasteiger partial charge in [0.05, 0.1) is 12.2 Å². The summed E-state index contributed by atoms with van der Waals surface area (Å²) < 4.78 is 43.1. The maximum absolute atomic E-state index is 12.5. The summed E-state index contributed by atoms with van der Waals surface area (Å²) in [4.78, 5) is 0. The Labute approximate surface area is 97.9 Å². The monoisotopic (exact) mass is 242 g/mol. The molecule has 0 bridgehead atoms. The van der Waals surface area contributed by atoms with Crippen LogP contribution in [0.5, 0.6) is 5.75 Å². The van der Waals surface area contributed by atoms with Crippen LogP contribution in [-0.2, 0) is 6.18 Å². The van der Waals surface area contributed by atoms with E-state index in [0.29, 0.717) is 17.9 Å². The predicted octanol–water partition coefficient (Wildman–Crippen LogP) is 4.14. The molecule has 0 atom stereocenters. The fourth-order valence-electron chi connectivity index (χ4n) is 1.61. The van der Waals surface area contributed by atoms with E-state index >= 15 is 0 Å². The minimum absolute atomic E-state index is 0.169. The Morgan fingerprint density at radius 1 is 1.24 bits per heavy atom. The SMILES string of the molecule is CC1(C)C=Cc2cc(C(F)(F)F)ccc2OC1. The highest BCUT2D eigenvalue weighted by Gasteiger charge is 2.31. The van der Waals surface area contributed by atoms with Crippen LogP contribution < -0.4 is 4.74 Å². The normalized spacial score (nSPS) is 18.2. The lowest BCUT2D eigenvalue weighted by Gasteiger charge is -2.18. The van der Waals surface area contributed by atoms with Gasteiger partial charge in [-0.25, -0.2) is 0 Å². The van der Waals surface area contributed by atoms with E-state index in [9.17, 15) is 13.2 Å². The van der Waals surface area contributed by atoms with Crippen LogP contribution >= 0.6 is 0 Å². The van der Waals surface area contributed by atoms with Gasteiger partial charge in [0.15, 0.2) is 0 Å². The van der Waals surface area contributed by atoms with E-state index in [-0.39, 0.29) is 5.41 Å². The third-order valence-corrected chi connectivity index (χ3v) is 2.65. The van der Waals surface area contributed by atoms with Gasteiger partial charge in [-0.1, -0.05) is 26.0 Å². The molecule has 1 aliphatic heterocycles. The number of hydrogen-bond donors (Lipinski definition) is 0. The molecule has 0 fully saturated rings. The van der Waals surface area contributed by atoms with Crippen LogP contribution in [0.1, 0.15) is 25.0 Å². The molecule has 92 valence electrons. The first-order valence-corrected chi connectivity index (χ1v) is 5.31. The van der Waals surface area contributed by atoms with Crippen molar-refractivity contribution in [1.29, 1.82) is 0 Å². The lowest BCUT2D eigenvalue weighted by molar-refractivity contribution is -0.137. The highest BCUT2D eigenvalue weighted by atomic mass is 19.4. The number of rotatable bonds is 0. The summed E-state index contributed by atoms with van der Waals surface area (Å²) >= 11 is 0. The third-order valence-electron chi connectivity index (χ3n) is 2.65. The van der Waals surface area contributed by atoms with Crippen LogP contribution in [0.15, 0.2) is 24.3 Å². The molecule has 0 saturated carbocycles. The van der Waals surface area contributed by atoms with Crippen molar-refractivity contribution in [2.75, 3.05) is 6.61 Å². The standard InChI is InChI=1S/C13H13F3O/c1-12(2)6-5-9-7-10(13(14,15)16)3-4-11(9)17-8-12/h3-7H,8H2,1-2H3. The van der Waals surface area contributed by atoms with Gasteiger partial charge in [-0.05, 0) is 18.2 Å². The molecule has 1 aromatic rings. The second-order valence-corrected chi connectivity index (χ2v) is 4.86. The maximum Gasteiger partial charge on any atom is 0.416 e. The van der Waals surface area contributed by atoms with Crippen molar-refractivity contribution >= 4 is 6.08 Å². The highest BCUT2D eigenvalue weighted by molar-refractivity contribution is 5.60. The first kappa shape index (κ1) is 12.0. The van der Waals surface area contributed by atoms with Crippen LogP contribution in [0, 0.1) is 5.41 Å². The van der Waals surface area contributed by atoms with Gasteiger partial charge < -0.3 is 4.74 Å². The zero-order valence-electron chi connectivity index (χ0n) is 9.64. The molecule has 4 heteroatoms. The molecule has 0 saturated heterocycles. The summed E-state index contributed by atoms with van der Waals surface area (Å²) in [6.45, 7) is 4.40. The topological polar surface area (TPSA) is 9.23 Å². The average molecular weight is 242 g/mol. The van der Waals surface area contributed by atoms with E-state index in [0.717, 1.165) is 12.1 Å². The van der Waals surface area contributed by atoms with Gasteiger partial charge >= 0.3 is 6.18 Å². The first-order valence-electron chi connectivity index (χ1n) is 5.31. The van der Waals surface area contributed by atoms with Gasteiger partial charge in [0.1, 0.15) is 5.75 Å². The first-order chi connectivity index (χ1) is 7.78. The molecule has 2 rings (SSSR count). The summed E-state index contributed by atoms with van der Waals surface area (Å²) in [6.07, 6.45) is -0.749. The molecule has 1 aromatic carbocycles. The number of fused-ring (bicyclic) bond motifs is 1. The Bertz CT molecular complexity index is 458. The van der Waals surface area contributed by atoms with Gasteiger partial charge in [0.25, 0.3) is 0 Å².